The molecule has 1 unspecified atom stereocenters. The molecular weight excluding hydrogens is 505 g/mol. The number of guanidine groups is 1. The van der Waals surface area contributed by atoms with E-state index in [0.717, 1.165) is 44.1 Å². The first-order chi connectivity index (χ1) is 14.5. The molecular formula is C23H42IN5O2. The fraction of sp³-hybridized carbons (Fsp3) is 0.652. The molecule has 1 aromatic carbocycles. The van der Waals surface area contributed by atoms with Gasteiger partial charge in [0.2, 0.25) is 0 Å². The van der Waals surface area contributed by atoms with Crippen molar-refractivity contribution in [2.75, 3.05) is 39.3 Å². The van der Waals surface area contributed by atoms with Crippen molar-refractivity contribution in [1.82, 2.24) is 20.9 Å². The zero-order valence-electron chi connectivity index (χ0n) is 19.9. The number of halogens is 1. The lowest BCUT2D eigenvalue weighted by molar-refractivity contribution is -0.122. The van der Waals surface area contributed by atoms with E-state index in [9.17, 15) is 4.79 Å². The molecule has 31 heavy (non-hydrogen) atoms. The number of likely N-dealkylation sites (N-methyl/N-ethyl adjacent to an activating group) is 1. The Morgan fingerprint density at radius 2 is 1.84 bits per heavy atom. The standard InChI is InChI=1S/C23H41N5O2.HI/c1-6-24-22(29)18-30-21-14-10-13-20(16-21)17-26-23(25-7-2)27-19(5)12-11-15-28(8-3)9-4;/h10,13-14,16,19H,6-9,11-12,15,17-18H2,1-5H3,(H,24,29)(H2,25,26,27);1H. The second-order valence-corrected chi connectivity index (χ2v) is 7.30. The van der Waals surface area contributed by atoms with E-state index in [4.69, 9.17) is 9.73 Å². The van der Waals surface area contributed by atoms with Gasteiger partial charge < -0.3 is 25.6 Å². The van der Waals surface area contributed by atoms with E-state index < -0.39 is 0 Å². The molecule has 1 rings (SSSR count). The topological polar surface area (TPSA) is 78.0 Å². The maximum atomic E-state index is 11.6. The molecule has 1 aromatic rings. The van der Waals surface area contributed by atoms with Gasteiger partial charge in [0.15, 0.2) is 12.6 Å². The minimum atomic E-state index is -0.116. The number of hydrogen-bond donors (Lipinski definition) is 3. The molecule has 0 saturated heterocycles. The van der Waals surface area contributed by atoms with Gasteiger partial charge in [0.25, 0.3) is 5.91 Å². The van der Waals surface area contributed by atoms with Gasteiger partial charge >= 0.3 is 0 Å². The number of amides is 1. The fourth-order valence-corrected chi connectivity index (χ4v) is 3.09. The van der Waals surface area contributed by atoms with Crippen LogP contribution in [-0.4, -0.2) is 62.1 Å². The molecule has 0 radical (unpaired) electrons. The summed E-state index contributed by atoms with van der Waals surface area (Å²) in [6.45, 7) is 15.9. The van der Waals surface area contributed by atoms with Gasteiger partial charge in [-0.2, -0.15) is 0 Å². The Bertz CT molecular complexity index is 638. The first-order valence-electron chi connectivity index (χ1n) is 11.3. The number of aliphatic imine (C=N–C) groups is 1. The molecule has 0 aromatic heterocycles. The second-order valence-electron chi connectivity index (χ2n) is 7.30. The number of hydrogen-bond acceptors (Lipinski definition) is 4. The van der Waals surface area contributed by atoms with Crippen molar-refractivity contribution < 1.29 is 9.53 Å². The lowest BCUT2D eigenvalue weighted by Gasteiger charge is -2.21. The maximum Gasteiger partial charge on any atom is 0.257 e. The molecule has 1 atom stereocenters. The number of carbonyl (C=O) groups excluding carboxylic acids is 1. The number of nitrogens with zero attached hydrogens (tertiary/aromatic N) is 2. The Hall–Kier alpha value is -1.55. The van der Waals surface area contributed by atoms with Gasteiger partial charge in [-0.25, -0.2) is 4.99 Å². The van der Waals surface area contributed by atoms with E-state index in [0.29, 0.717) is 24.9 Å². The number of carbonyl (C=O) groups is 1. The molecule has 0 spiro atoms. The van der Waals surface area contributed by atoms with Crippen molar-refractivity contribution in [2.45, 2.75) is 60.0 Å². The Labute approximate surface area is 205 Å². The highest BCUT2D eigenvalue weighted by Crippen LogP contribution is 2.14. The molecule has 7 nitrogen and oxygen atoms in total. The molecule has 0 saturated carbocycles. The van der Waals surface area contributed by atoms with Crippen LogP contribution in [0.25, 0.3) is 0 Å². The minimum absolute atomic E-state index is 0. The number of benzene rings is 1. The van der Waals surface area contributed by atoms with Crippen molar-refractivity contribution in [3.05, 3.63) is 29.8 Å². The maximum absolute atomic E-state index is 11.6. The molecule has 0 aliphatic rings. The Kier molecular flexibility index (Phi) is 17.2. The van der Waals surface area contributed by atoms with Crippen LogP contribution in [0.1, 0.15) is 53.0 Å². The van der Waals surface area contributed by atoms with E-state index in [2.05, 4.69) is 48.5 Å². The van der Waals surface area contributed by atoms with Crippen LogP contribution in [0.15, 0.2) is 29.3 Å². The van der Waals surface area contributed by atoms with Crippen molar-refractivity contribution in [3.63, 3.8) is 0 Å². The van der Waals surface area contributed by atoms with Crippen LogP contribution in [-0.2, 0) is 11.3 Å². The van der Waals surface area contributed by atoms with E-state index in [1.54, 1.807) is 0 Å². The summed E-state index contributed by atoms with van der Waals surface area (Å²) in [6, 6.07) is 8.08. The lowest BCUT2D eigenvalue weighted by atomic mass is 10.2. The number of nitrogens with one attached hydrogen (secondary N) is 3. The predicted molar refractivity (Wildman–Crippen MR) is 140 cm³/mol. The van der Waals surface area contributed by atoms with Crippen LogP contribution in [0.4, 0.5) is 0 Å². The molecule has 3 N–H and O–H groups in total. The SMILES string of the molecule is CCNC(=O)COc1cccc(CN=C(NCC)NC(C)CCCN(CC)CC)c1.I. The Morgan fingerprint density at radius 3 is 2.48 bits per heavy atom. The third-order valence-electron chi connectivity index (χ3n) is 4.80. The van der Waals surface area contributed by atoms with Crippen molar-refractivity contribution in [3.8, 4) is 5.75 Å². The van der Waals surface area contributed by atoms with Crippen molar-refractivity contribution >= 4 is 35.8 Å². The van der Waals surface area contributed by atoms with Crippen LogP contribution < -0.4 is 20.7 Å². The van der Waals surface area contributed by atoms with Crippen LogP contribution in [0.5, 0.6) is 5.75 Å². The quantitative estimate of drug-likeness (QED) is 0.189. The number of rotatable bonds is 14. The van der Waals surface area contributed by atoms with Crippen LogP contribution in [0, 0.1) is 0 Å². The minimum Gasteiger partial charge on any atom is -0.484 e. The molecule has 178 valence electrons. The highest BCUT2D eigenvalue weighted by molar-refractivity contribution is 14.0. The zero-order chi connectivity index (χ0) is 22.2. The molecule has 1 amide bonds. The highest BCUT2D eigenvalue weighted by Gasteiger charge is 2.07. The summed E-state index contributed by atoms with van der Waals surface area (Å²) in [6.07, 6.45) is 2.27. The van der Waals surface area contributed by atoms with E-state index in [1.807, 2.05) is 31.2 Å². The summed E-state index contributed by atoms with van der Waals surface area (Å²) >= 11 is 0. The first kappa shape index (κ1) is 29.5. The largest absolute Gasteiger partial charge is 0.484 e. The zero-order valence-corrected chi connectivity index (χ0v) is 22.2. The third kappa shape index (κ3) is 13.5. The molecule has 0 bridgehead atoms. The second kappa shape index (κ2) is 18.1. The smallest absolute Gasteiger partial charge is 0.257 e. The molecule has 0 aliphatic heterocycles. The Balaban J connectivity index is 0.00000900. The monoisotopic (exact) mass is 547 g/mol. The highest BCUT2D eigenvalue weighted by atomic mass is 127. The number of ether oxygens (including phenoxy) is 1. The van der Waals surface area contributed by atoms with Crippen molar-refractivity contribution in [2.24, 2.45) is 4.99 Å². The third-order valence-corrected chi connectivity index (χ3v) is 4.80. The van der Waals surface area contributed by atoms with E-state index in [1.165, 1.54) is 6.42 Å². The average molecular weight is 548 g/mol. The molecule has 0 fully saturated rings. The van der Waals surface area contributed by atoms with Gasteiger partial charge in [0, 0.05) is 19.1 Å². The van der Waals surface area contributed by atoms with Gasteiger partial charge in [-0.15, -0.1) is 24.0 Å². The van der Waals surface area contributed by atoms with E-state index in [-0.39, 0.29) is 36.5 Å². The van der Waals surface area contributed by atoms with Gasteiger partial charge in [-0.1, -0.05) is 26.0 Å². The average Bonchev–Trinajstić information content (AvgIpc) is 2.74. The first-order valence-corrected chi connectivity index (χ1v) is 11.3. The van der Waals surface area contributed by atoms with Gasteiger partial charge in [-0.05, 0) is 70.9 Å². The van der Waals surface area contributed by atoms with Crippen LogP contribution >= 0.6 is 24.0 Å². The van der Waals surface area contributed by atoms with Gasteiger partial charge in [0.05, 0.1) is 6.54 Å². The van der Waals surface area contributed by atoms with Crippen LogP contribution in [0.2, 0.25) is 0 Å². The van der Waals surface area contributed by atoms with Gasteiger partial charge in [0.1, 0.15) is 5.75 Å². The van der Waals surface area contributed by atoms with Gasteiger partial charge in [-0.3, -0.25) is 4.79 Å². The molecule has 0 heterocycles. The molecule has 8 heteroatoms. The summed E-state index contributed by atoms with van der Waals surface area (Å²) < 4.78 is 5.57. The molecule has 0 aliphatic carbocycles. The predicted octanol–water partition coefficient (Wildman–Crippen LogP) is 3.39. The van der Waals surface area contributed by atoms with Crippen molar-refractivity contribution in [1.29, 1.82) is 0 Å². The normalized spacial score (nSPS) is 12.1. The summed E-state index contributed by atoms with van der Waals surface area (Å²) in [5.74, 6) is 1.38. The summed E-state index contributed by atoms with van der Waals surface area (Å²) in [5, 5.41) is 9.55. The summed E-state index contributed by atoms with van der Waals surface area (Å²) in [7, 11) is 0. The summed E-state index contributed by atoms with van der Waals surface area (Å²) in [5.41, 5.74) is 1.04. The van der Waals surface area contributed by atoms with Crippen LogP contribution in [0.3, 0.4) is 0 Å². The van der Waals surface area contributed by atoms with E-state index >= 15 is 0 Å². The Morgan fingerprint density at radius 1 is 1.13 bits per heavy atom. The lowest BCUT2D eigenvalue weighted by Crippen LogP contribution is -2.42. The summed E-state index contributed by atoms with van der Waals surface area (Å²) in [4.78, 5) is 18.7. The fourth-order valence-electron chi connectivity index (χ4n) is 3.09.